The molecule has 0 aromatic rings. The summed E-state index contributed by atoms with van der Waals surface area (Å²) >= 11 is 9.84. The van der Waals surface area contributed by atoms with Crippen molar-refractivity contribution in [3.63, 3.8) is 0 Å². The topological polar surface area (TPSA) is 0 Å². The molecule has 0 aliphatic rings. The van der Waals surface area contributed by atoms with Crippen molar-refractivity contribution >= 4 is 40.7 Å². The second-order valence-corrected chi connectivity index (χ2v) is 33.5. The van der Waals surface area contributed by atoms with E-state index in [1.807, 2.05) is 0 Å². The fourth-order valence-electron chi connectivity index (χ4n) is 0. The van der Waals surface area contributed by atoms with Gasteiger partial charge in [0.1, 0.15) is 0 Å². The molecule has 0 saturated carbocycles. The normalized spacial score (nSPS) is 11.2. The van der Waals surface area contributed by atoms with Gasteiger partial charge in [-0.3, -0.25) is 0 Å². The molecule has 29 valence electrons. The van der Waals surface area contributed by atoms with Crippen LogP contribution in [0.1, 0.15) is 0 Å². The molecule has 4 heavy (non-hydrogen) atoms. The van der Waals surface area contributed by atoms with Crippen molar-refractivity contribution in [3.05, 3.63) is 0 Å². The summed E-state index contributed by atoms with van der Waals surface area (Å²) < 4.78 is 0. The molecule has 0 amide bonds. The van der Waals surface area contributed by atoms with E-state index in [1.54, 1.807) is 0 Å². The molecule has 0 bridgehead atoms. The van der Waals surface area contributed by atoms with Crippen LogP contribution in [-0.4, -0.2) is 0 Å². The van der Waals surface area contributed by atoms with Crippen LogP contribution in [-0.2, 0) is 10.3 Å². The molecule has 0 rings (SSSR count). The quantitative estimate of drug-likeness (QED) is 0.555. The first kappa shape index (κ1) is 6.08. The molecular formula is Br3Os. The van der Waals surface area contributed by atoms with Gasteiger partial charge in [0, 0.05) is 0 Å². The van der Waals surface area contributed by atoms with E-state index in [1.165, 1.54) is 0 Å². The van der Waals surface area contributed by atoms with Gasteiger partial charge in [0.25, 0.3) is 0 Å². The van der Waals surface area contributed by atoms with Crippen molar-refractivity contribution in [2.75, 3.05) is 0 Å². The molecule has 0 atom stereocenters. The summed E-state index contributed by atoms with van der Waals surface area (Å²) in [5, 5.41) is 0. The van der Waals surface area contributed by atoms with Crippen LogP contribution >= 0.6 is 40.7 Å². The Morgan fingerprint density at radius 2 is 1.00 bits per heavy atom. The SMILES string of the molecule is [Br][Os]([Br])[Br]. The molecule has 0 aliphatic heterocycles. The monoisotopic (exact) mass is 429 g/mol. The van der Waals surface area contributed by atoms with Crippen molar-refractivity contribution in [2.45, 2.75) is 0 Å². The van der Waals surface area contributed by atoms with Gasteiger partial charge in [-0.2, -0.15) is 0 Å². The van der Waals surface area contributed by atoms with Crippen LogP contribution in [0.2, 0.25) is 0 Å². The predicted octanol–water partition coefficient (Wildman–Crippen LogP) is 2.53. The van der Waals surface area contributed by atoms with Gasteiger partial charge in [-0.15, -0.1) is 0 Å². The van der Waals surface area contributed by atoms with Crippen LogP contribution in [0.5, 0.6) is 0 Å². The van der Waals surface area contributed by atoms with Gasteiger partial charge in [-0.25, -0.2) is 0 Å². The molecule has 0 radical (unpaired) electrons. The Hall–Kier alpha value is 2.08. The van der Waals surface area contributed by atoms with Crippen molar-refractivity contribution in [1.29, 1.82) is 0 Å². The van der Waals surface area contributed by atoms with Crippen LogP contribution in [0.15, 0.2) is 0 Å². The number of hydrogen-bond acceptors (Lipinski definition) is 0. The molecule has 0 saturated heterocycles. The third-order valence-electron chi connectivity index (χ3n) is 0. The van der Waals surface area contributed by atoms with E-state index >= 15 is 0 Å². The fraction of sp³-hybridized carbons (Fsp3) is 0. The van der Waals surface area contributed by atoms with E-state index in [-0.39, 0.29) is 0 Å². The third-order valence-corrected chi connectivity index (χ3v) is 0. The maximum atomic E-state index is 3.28. The van der Waals surface area contributed by atoms with Crippen molar-refractivity contribution in [3.8, 4) is 0 Å². The first-order valence-electron chi connectivity index (χ1n) is 0.401. The molecule has 0 aromatic heterocycles. The molecule has 0 N–H and O–H groups in total. The van der Waals surface area contributed by atoms with Gasteiger partial charge in [-0.1, -0.05) is 0 Å². The van der Waals surface area contributed by atoms with Crippen LogP contribution in [0.25, 0.3) is 0 Å². The zero-order chi connectivity index (χ0) is 3.58. The summed E-state index contributed by atoms with van der Waals surface area (Å²) in [7, 11) is -0.961. The fourth-order valence-corrected chi connectivity index (χ4v) is 0. The molecule has 4 heteroatoms. The average molecular weight is 430 g/mol. The van der Waals surface area contributed by atoms with Gasteiger partial charge in [0.05, 0.1) is 0 Å². The van der Waals surface area contributed by atoms with Crippen LogP contribution in [0.3, 0.4) is 0 Å². The standard InChI is InChI=1S/3BrH.Os/h3*1H;/q;;;+3/p-3. The Bertz CT molecular complexity index is 8.00. The number of rotatable bonds is 0. The minimum absolute atomic E-state index is 0.961. The van der Waals surface area contributed by atoms with E-state index in [2.05, 4.69) is 40.7 Å². The summed E-state index contributed by atoms with van der Waals surface area (Å²) in [5.74, 6) is 0. The first-order chi connectivity index (χ1) is 1.73. The number of halogens is 3. The van der Waals surface area contributed by atoms with Crippen LogP contribution in [0.4, 0.5) is 0 Å². The van der Waals surface area contributed by atoms with E-state index in [9.17, 15) is 0 Å². The zero-order valence-corrected chi connectivity index (χ0v) is 8.79. The number of hydrogen-bond donors (Lipinski definition) is 0. The third kappa shape index (κ3) is 8.95. The molecule has 0 aromatic carbocycles. The summed E-state index contributed by atoms with van der Waals surface area (Å²) in [6.07, 6.45) is 0. The second-order valence-electron chi connectivity index (χ2n) is 0.152. The van der Waals surface area contributed by atoms with Gasteiger partial charge < -0.3 is 0 Å². The van der Waals surface area contributed by atoms with Gasteiger partial charge >= 0.3 is 51.0 Å². The van der Waals surface area contributed by atoms with Gasteiger partial charge in [0.2, 0.25) is 0 Å². The molecular weight excluding hydrogens is 430 g/mol. The van der Waals surface area contributed by atoms with E-state index in [0.29, 0.717) is 0 Å². The Labute approximate surface area is 50.3 Å². The Morgan fingerprint density at radius 1 is 1.00 bits per heavy atom. The first-order valence-corrected chi connectivity index (χ1v) is 17.1. The van der Waals surface area contributed by atoms with Gasteiger partial charge in [0.15, 0.2) is 0 Å². The van der Waals surface area contributed by atoms with E-state index in [0.717, 1.165) is 0 Å². The van der Waals surface area contributed by atoms with E-state index in [4.69, 9.17) is 0 Å². The molecule has 0 fully saturated rings. The molecule has 0 unspecified atom stereocenters. The molecule has 0 spiro atoms. The minimum atomic E-state index is -0.961. The second kappa shape index (κ2) is 3.27. The Kier molecular flexibility index (Phi) is 4.97. The maximum absolute atomic E-state index is 3.28. The Balaban J connectivity index is 2.32. The summed E-state index contributed by atoms with van der Waals surface area (Å²) in [6, 6.07) is 0. The molecule has 0 aliphatic carbocycles. The van der Waals surface area contributed by atoms with Gasteiger partial charge in [-0.05, 0) is 0 Å². The predicted molar refractivity (Wildman–Crippen MR) is 26.8 cm³/mol. The average Bonchev–Trinajstić information content (AvgIpc) is 0.811. The zero-order valence-electron chi connectivity index (χ0n) is 1.49. The molecule has 0 nitrogen and oxygen atoms in total. The van der Waals surface area contributed by atoms with Crippen molar-refractivity contribution in [1.82, 2.24) is 0 Å². The van der Waals surface area contributed by atoms with Crippen molar-refractivity contribution < 1.29 is 10.3 Å². The van der Waals surface area contributed by atoms with Crippen molar-refractivity contribution in [2.24, 2.45) is 0 Å². The van der Waals surface area contributed by atoms with Crippen LogP contribution < -0.4 is 0 Å². The Morgan fingerprint density at radius 3 is 1.00 bits per heavy atom. The van der Waals surface area contributed by atoms with E-state index < -0.39 is 10.3 Å². The summed E-state index contributed by atoms with van der Waals surface area (Å²) in [6.45, 7) is 0. The van der Waals surface area contributed by atoms with Crippen LogP contribution in [0, 0.1) is 0 Å². The summed E-state index contributed by atoms with van der Waals surface area (Å²) in [4.78, 5) is 0. The molecule has 0 heterocycles. The summed E-state index contributed by atoms with van der Waals surface area (Å²) in [5.41, 5.74) is 0.